The Labute approximate surface area is 124 Å². The number of ether oxygens (including phenoxy) is 1. The minimum Gasteiger partial charge on any atom is -0.456 e. The lowest BCUT2D eigenvalue weighted by atomic mass is 10.1. The van der Waals surface area contributed by atoms with Gasteiger partial charge >= 0.3 is 6.18 Å². The SMILES string of the molecule is Cc1cc(Cl)ccc1Oc1ccc(C=O)cc1C(F)(F)F. The van der Waals surface area contributed by atoms with Gasteiger partial charge in [0.25, 0.3) is 0 Å². The van der Waals surface area contributed by atoms with Crippen LogP contribution in [0.25, 0.3) is 0 Å². The number of carbonyl (C=O) groups is 1. The van der Waals surface area contributed by atoms with Gasteiger partial charge in [0.15, 0.2) is 0 Å². The highest BCUT2D eigenvalue weighted by atomic mass is 35.5. The molecule has 6 heteroatoms. The van der Waals surface area contributed by atoms with Crippen LogP contribution in [0.15, 0.2) is 36.4 Å². The predicted molar refractivity (Wildman–Crippen MR) is 73.1 cm³/mol. The van der Waals surface area contributed by atoms with E-state index in [1.54, 1.807) is 13.0 Å². The topological polar surface area (TPSA) is 26.3 Å². The van der Waals surface area contributed by atoms with Crippen LogP contribution in [0, 0.1) is 6.92 Å². The second-order valence-electron chi connectivity index (χ2n) is 4.38. The third-order valence-corrected chi connectivity index (χ3v) is 3.04. The second kappa shape index (κ2) is 5.77. The lowest BCUT2D eigenvalue weighted by Crippen LogP contribution is -2.08. The zero-order chi connectivity index (χ0) is 15.6. The molecule has 0 atom stereocenters. The van der Waals surface area contributed by atoms with Gasteiger partial charge in [0.2, 0.25) is 0 Å². The Bertz CT molecular complexity index is 681. The third-order valence-electron chi connectivity index (χ3n) is 2.80. The molecule has 0 spiro atoms. The molecule has 110 valence electrons. The molecule has 0 aliphatic rings. The standard InChI is InChI=1S/C15H10ClF3O2/c1-9-6-11(16)3-5-13(9)21-14-4-2-10(8-20)7-12(14)15(17,18)19/h2-8H,1H3. The monoisotopic (exact) mass is 314 g/mol. The molecule has 0 bridgehead atoms. The molecular weight excluding hydrogens is 305 g/mol. The van der Waals surface area contributed by atoms with E-state index in [-0.39, 0.29) is 17.1 Å². The normalized spacial score (nSPS) is 11.3. The van der Waals surface area contributed by atoms with E-state index in [1.165, 1.54) is 18.2 Å². The van der Waals surface area contributed by atoms with Crippen LogP contribution in [0.2, 0.25) is 5.02 Å². The molecule has 2 aromatic carbocycles. The molecule has 0 aromatic heterocycles. The van der Waals surface area contributed by atoms with E-state index in [4.69, 9.17) is 16.3 Å². The largest absolute Gasteiger partial charge is 0.456 e. The minimum atomic E-state index is -4.62. The highest BCUT2D eigenvalue weighted by Crippen LogP contribution is 2.39. The summed E-state index contributed by atoms with van der Waals surface area (Å²) in [5.41, 5.74) is -0.459. The van der Waals surface area contributed by atoms with E-state index in [9.17, 15) is 18.0 Å². The van der Waals surface area contributed by atoms with Crippen LogP contribution in [0.1, 0.15) is 21.5 Å². The Morgan fingerprint density at radius 1 is 1.10 bits per heavy atom. The van der Waals surface area contributed by atoms with Crippen molar-refractivity contribution in [3.63, 3.8) is 0 Å². The summed E-state index contributed by atoms with van der Waals surface area (Å²) in [6, 6.07) is 7.75. The maximum atomic E-state index is 13.0. The average Bonchev–Trinajstić information content (AvgIpc) is 2.41. The van der Waals surface area contributed by atoms with Gasteiger partial charge in [-0.1, -0.05) is 11.6 Å². The summed E-state index contributed by atoms with van der Waals surface area (Å²) in [6.45, 7) is 1.67. The Morgan fingerprint density at radius 2 is 1.76 bits per heavy atom. The maximum Gasteiger partial charge on any atom is 0.420 e. The summed E-state index contributed by atoms with van der Waals surface area (Å²) in [4.78, 5) is 10.6. The van der Waals surface area contributed by atoms with E-state index in [1.807, 2.05) is 0 Å². The number of aldehydes is 1. The molecule has 0 saturated heterocycles. The highest BCUT2D eigenvalue weighted by Gasteiger charge is 2.35. The summed E-state index contributed by atoms with van der Waals surface area (Å²) in [5, 5.41) is 0.465. The molecule has 0 saturated carbocycles. The van der Waals surface area contributed by atoms with Crippen molar-refractivity contribution in [2.24, 2.45) is 0 Å². The molecule has 0 aliphatic heterocycles. The van der Waals surface area contributed by atoms with Gasteiger partial charge in [0.1, 0.15) is 17.8 Å². The molecule has 0 aliphatic carbocycles. The summed E-state index contributed by atoms with van der Waals surface area (Å²) < 4.78 is 44.4. The zero-order valence-corrected chi connectivity index (χ0v) is 11.6. The molecule has 0 fully saturated rings. The summed E-state index contributed by atoms with van der Waals surface area (Å²) in [6.07, 6.45) is -4.26. The Hall–Kier alpha value is -2.01. The van der Waals surface area contributed by atoms with Crippen LogP contribution in [0.4, 0.5) is 13.2 Å². The molecular formula is C15H10ClF3O2. The van der Waals surface area contributed by atoms with Gasteiger partial charge in [-0.15, -0.1) is 0 Å². The van der Waals surface area contributed by atoms with Crippen LogP contribution in [0.5, 0.6) is 11.5 Å². The van der Waals surface area contributed by atoms with Gasteiger partial charge < -0.3 is 4.74 Å². The first-order valence-electron chi connectivity index (χ1n) is 5.91. The van der Waals surface area contributed by atoms with Crippen molar-refractivity contribution in [1.29, 1.82) is 0 Å². The lowest BCUT2D eigenvalue weighted by molar-refractivity contribution is -0.138. The number of carbonyl (C=O) groups excluding carboxylic acids is 1. The van der Waals surface area contributed by atoms with Crippen molar-refractivity contribution in [1.82, 2.24) is 0 Å². The molecule has 0 amide bonds. The predicted octanol–water partition coefficient (Wildman–Crippen LogP) is 5.27. The Morgan fingerprint density at radius 3 is 2.33 bits per heavy atom. The van der Waals surface area contributed by atoms with E-state index >= 15 is 0 Å². The van der Waals surface area contributed by atoms with Gasteiger partial charge in [-0.2, -0.15) is 13.2 Å². The average molecular weight is 315 g/mol. The fourth-order valence-corrected chi connectivity index (χ4v) is 2.00. The van der Waals surface area contributed by atoms with Crippen LogP contribution >= 0.6 is 11.6 Å². The van der Waals surface area contributed by atoms with Gasteiger partial charge in [-0.25, -0.2) is 0 Å². The van der Waals surface area contributed by atoms with E-state index in [0.29, 0.717) is 16.9 Å². The van der Waals surface area contributed by atoms with Crippen LogP contribution in [-0.2, 0) is 6.18 Å². The van der Waals surface area contributed by atoms with Crippen molar-refractivity contribution in [2.45, 2.75) is 13.1 Å². The smallest absolute Gasteiger partial charge is 0.420 e. The van der Waals surface area contributed by atoms with Gasteiger partial charge in [0, 0.05) is 10.6 Å². The Balaban J connectivity index is 2.46. The molecule has 2 aromatic rings. The van der Waals surface area contributed by atoms with E-state index in [2.05, 4.69) is 0 Å². The summed E-state index contributed by atoms with van der Waals surface area (Å²) >= 11 is 5.79. The number of hydrogen-bond acceptors (Lipinski definition) is 2. The minimum absolute atomic E-state index is 0.0671. The van der Waals surface area contributed by atoms with Gasteiger partial charge in [0.05, 0.1) is 5.56 Å². The zero-order valence-electron chi connectivity index (χ0n) is 10.9. The number of hydrogen-bond donors (Lipinski definition) is 0. The van der Waals surface area contributed by atoms with Crippen molar-refractivity contribution in [3.05, 3.63) is 58.1 Å². The highest BCUT2D eigenvalue weighted by molar-refractivity contribution is 6.30. The lowest BCUT2D eigenvalue weighted by Gasteiger charge is -2.15. The van der Waals surface area contributed by atoms with Crippen molar-refractivity contribution < 1.29 is 22.7 Å². The Kier molecular flexibility index (Phi) is 4.23. The molecule has 0 radical (unpaired) electrons. The maximum absolute atomic E-state index is 13.0. The van der Waals surface area contributed by atoms with Gasteiger partial charge in [-0.3, -0.25) is 4.79 Å². The number of rotatable bonds is 3. The van der Waals surface area contributed by atoms with Crippen molar-refractivity contribution in [2.75, 3.05) is 0 Å². The van der Waals surface area contributed by atoms with Crippen molar-refractivity contribution >= 4 is 17.9 Å². The molecule has 21 heavy (non-hydrogen) atoms. The van der Waals surface area contributed by atoms with Crippen LogP contribution in [-0.4, -0.2) is 6.29 Å². The van der Waals surface area contributed by atoms with Crippen LogP contribution < -0.4 is 4.74 Å². The molecule has 0 N–H and O–H groups in total. The number of alkyl halides is 3. The third kappa shape index (κ3) is 3.55. The fourth-order valence-electron chi connectivity index (χ4n) is 1.78. The van der Waals surface area contributed by atoms with Gasteiger partial charge in [-0.05, 0) is 48.9 Å². The van der Waals surface area contributed by atoms with E-state index in [0.717, 1.165) is 12.1 Å². The number of halogens is 4. The first kappa shape index (κ1) is 15.4. The number of aryl methyl sites for hydroxylation is 1. The molecule has 0 heterocycles. The first-order chi connectivity index (χ1) is 9.81. The fraction of sp³-hybridized carbons (Fsp3) is 0.133. The second-order valence-corrected chi connectivity index (χ2v) is 4.82. The molecule has 2 nitrogen and oxygen atoms in total. The van der Waals surface area contributed by atoms with Crippen LogP contribution in [0.3, 0.4) is 0 Å². The first-order valence-corrected chi connectivity index (χ1v) is 6.29. The summed E-state index contributed by atoms with van der Waals surface area (Å²) in [5.74, 6) is -0.0951. The number of benzene rings is 2. The van der Waals surface area contributed by atoms with E-state index < -0.39 is 11.7 Å². The molecule has 0 unspecified atom stereocenters. The quantitative estimate of drug-likeness (QED) is 0.721. The summed E-state index contributed by atoms with van der Waals surface area (Å²) in [7, 11) is 0. The van der Waals surface area contributed by atoms with Crippen molar-refractivity contribution in [3.8, 4) is 11.5 Å². The molecule has 2 rings (SSSR count).